The molecule has 8 aromatic carbocycles. The van der Waals surface area contributed by atoms with E-state index in [1.807, 2.05) is 61.2 Å². The second-order valence-electron chi connectivity index (χ2n) is 48.1. The molecule has 0 aliphatic carbocycles. The number of pyridine rings is 6. The number of para-hydroxylation sites is 2. The van der Waals surface area contributed by atoms with Crippen LogP contribution in [0.3, 0.4) is 0 Å². The van der Waals surface area contributed by atoms with Gasteiger partial charge in [0.25, 0.3) is 0 Å². The fourth-order valence-corrected chi connectivity index (χ4v) is 33.0. The minimum Gasteiger partial charge on any atom is -0.437 e. The second-order valence-corrected chi connectivity index (χ2v) is 48.1. The molecule has 0 radical (unpaired) electrons. The van der Waals surface area contributed by atoms with Gasteiger partial charge in [-0.1, -0.05) is 137 Å². The zero-order valence-corrected chi connectivity index (χ0v) is 89.8. The van der Waals surface area contributed by atoms with Crippen molar-refractivity contribution in [2.24, 2.45) is 28.6 Å². The van der Waals surface area contributed by atoms with E-state index in [9.17, 15) is 0 Å². The quantitative estimate of drug-likeness (QED) is 0.153. The van der Waals surface area contributed by atoms with Crippen LogP contribution in [0.15, 0.2) is 258 Å². The van der Waals surface area contributed by atoms with Gasteiger partial charge in [-0.05, 0) is 327 Å². The first kappa shape index (κ1) is 94.4. The Morgan fingerprint density at radius 1 is 0.302 bits per heavy atom. The Labute approximate surface area is 872 Å². The lowest BCUT2D eigenvalue weighted by atomic mass is 9.60. The standard InChI is InChI=1S/C24H22N2O.C23H20N2O.C22H26N2O.2C21H24N2O.C20H22N2O/c1-14-10-11-16-17-7-6-12-25-23(17)27-22(16)20(14)21-15(2)26-13-24(21,3)18-8-4-5-9-19(18)26;1-13-9-10-16-17-7-5-11-24-23(17)26-22(16)20(13)21-14(2)25-12-18(21)15-6-3-4-8-19(15)25;1-12-8-9-16-17-7-6-10-23-21(17)25-20(16)18(12)19-15(4)24-11-22(19,5)13(2)14(24)3;1-12-7-8-14-15-6-5-10-22-20(15)24-19(14)17(12)18-13(2)23-11-9-16(18)21(23,3)4;1-13-6-7-15-16-5-4-10-22-20(16)24-19(15)17(13)18-14(2)23-11-8-21(18,3)9-12-23;1-12-5-6-15-16-4-3-9-21-20(16)23-19(15)17(12)18-13(2)22-10-7-14(18)8-11-22/h4-12,15,21H,13H2,1-3H3;3-11,14,18,21H,12H2,1-2H3;6-10,13-15,19H,11H2,1-5H3;5-8,10,13,16,18H,9,11H2,1-4H3;4-7,10,14,18H,8-9,11-12H2,1-3H3;3-6,9,13-14,18H,7-8,10-11H2,1-2H3/t15-,21?,24?;14-,18?,21?;13?,14?,15-,19?,22?;13-,16?,18?;14-,18?;13-,18?/m111111/s1. The van der Waals surface area contributed by atoms with Crippen LogP contribution in [0, 0.1) is 70.1 Å². The highest BCUT2D eigenvalue weighted by Gasteiger charge is 2.63. The summed E-state index contributed by atoms with van der Waals surface area (Å²) in [6.07, 6.45) is 17.4. The molecule has 12 fully saturated rings. The Kier molecular flexibility index (Phi) is 22.2. The van der Waals surface area contributed by atoms with Crippen LogP contribution in [0.5, 0.6) is 0 Å². The Hall–Kier alpha value is -13.1. The summed E-state index contributed by atoms with van der Waals surface area (Å²) in [5.41, 5.74) is 34.1. The first-order valence-electron chi connectivity index (χ1n) is 55.4. The number of hydrogen-bond donors (Lipinski definition) is 0. The molecule has 12 bridgehead atoms. The Bertz CT molecular complexity index is 8760. The molecule has 12 saturated heterocycles. The molecule has 149 heavy (non-hydrogen) atoms. The first-order chi connectivity index (χ1) is 72.1. The second kappa shape index (κ2) is 35.0. The third kappa shape index (κ3) is 14.0. The van der Waals surface area contributed by atoms with E-state index in [4.69, 9.17) is 26.5 Å². The summed E-state index contributed by atoms with van der Waals surface area (Å²) in [4.78, 5) is 42.5. The van der Waals surface area contributed by atoms with Crippen LogP contribution in [0.1, 0.15) is 241 Å². The highest BCUT2D eigenvalue weighted by molar-refractivity contribution is 6.10. The predicted molar refractivity (Wildman–Crippen MR) is 604 cm³/mol. The number of nitrogens with zero attached hydrogens (tertiary/aromatic N) is 12. The normalized spacial score (nSPS) is 30.2. The Balaban J connectivity index is 0.0000000882. The average molecular weight is 1980 g/mol. The number of anilines is 2. The van der Waals surface area contributed by atoms with Crippen LogP contribution >= 0.6 is 0 Å². The number of piperidine rings is 8. The third-order valence-electron chi connectivity index (χ3n) is 40.7. The molecular formula is C131H138N12O6. The van der Waals surface area contributed by atoms with Gasteiger partial charge in [-0.2, -0.15) is 0 Å². The highest BCUT2D eigenvalue weighted by Crippen LogP contribution is 2.65. The van der Waals surface area contributed by atoms with E-state index >= 15 is 0 Å². The van der Waals surface area contributed by atoms with Crippen molar-refractivity contribution in [1.29, 1.82) is 0 Å². The zero-order valence-electron chi connectivity index (χ0n) is 89.8. The average Bonchev–Trinajstić information content (AvgIpc) is 1.53. The van der Waals surface area contributed by atoms with Gasteiger partial charge in [0.15, 0.2) is 0 Å². The van der Waals surface area contributed by atoms with Gasteiger partial charge in [0.05, 0.1) is 0 Å². The van der Waals surface area contributed by atoms with Crippen LogP contribution in [0.2, 0.25) is 0 Å². The predicted octanol–water partition coefficient (Wildman–Crippen LogP) is 30.3. The molecule has 0 N–H and O–H groups in total. The van der Waals surface area contributed by atoms with Crippen molar-refractivity contribution >= 4 is 144 Å². The maximum Gasteiger partial charge on any atom is 0.227 e. The highest BCUT2D eigenvalue weighted by atomic mass is 16.4. The molecule has 12 aromatic heterocycles. The summed E-state index contributed by atoms with van der Waals surface area (Å²) < 4.78 is 37.7. The van der Waals surface area contributed by atoms with E-state index in [0.29, 0.717) is 106 Å². The number of fused-ring (bicyclic) bond motifs is 38. The lowest BCUT2D eigenvalue weighted by molar-refractivity contribution is -0.0267. The maximum absolute atomic E-state index is 6.34. The van der Waals surface area contributed by atoms with Gasteiger partial charge in [0.2, 0.25) is 34.3 Å². The number of hydrogen-bond acceptors (Lipinski definition) is 18. The van der Waals surface area contributed by atoms with Crippen LogP contribution in [-0.4, -0.2) is 150 Å². The van der Waals surface area contributed by atoms with Crippen molar-refractivity contribution in [2.45, 2.75) is 258 Å². The zero-order chi connectivity index (χ0) is 102. The van der Waals surface area contributed by atoms with E-state index in [1.54, 1.807) is 12.4 Å². The number of aryl methyl sites for hydroxylation is 6. The molecule has 0 saturated carbocycles. The number of furan rings is 6. The van der Waals surface area contributed by atoms with Gasteiger partial charge < -0.3 is 41.2 Å². The smallest absolute Gasteiger partial charge is 0.227 e. The lowest BCUT2D eigenvalue weighted by Gasteiger charge is -2.56. The van der Waals surface area contributed by atoms with Crippen molar-refractivity contribution in [3.63, 3.8) is 0 Å². The number of rotatable bonds is 6. The molecule has 20 atom stereocenters. The Morgan fingerprint density at radius 3 is 1.10 bits per heavy atom. The van der Waals surface area contributed by atoms with Gasteiger partial charge in [0.1, 0.15) is 33.5 Å². The monoisotopic (exact) mass is 1980 g/mol. The number of aromatic nitrogens is 6. The van der Waals surface area contributed by atoms with E-state index in [1.165, 1.54) is 193 Å². The molecule has 14 aliphatic rings. The summed E-state index contributed by atoms with van der Waals surface area (Å²) in [6, 6.07) is 73.0. The third-order valence-corrected chi connectivity index (χ3v) is 40.7. The summed E-state index contributed by atoms with van der Waals surface area (Å²) in [7, 11) is 0. The summed E-state index contributed by atoms with van der Waals surface area (Å²) in [6.45, 7) is 54.4. The van der Waals surface area contributed by atoms with Crippen molar-refractivity contribution < 1.29 is 26.5 Å². The van der Waals surface area contributed by atoms with Gasteiger partial charge in [-0.15, -0.1) is 0 Å². The van der Waals surface area contributed by atoms with E-state index in [2.05, 4.69) is 349 Å². The summed E-state index contributed by atoms with van der Waals surface area (Å²) >= 11 is 0. The maximum atomic E-state index is 6.34. The molecular weight excluding hydrogens is 1840 g/mol. The minimum atomic E-state index is 0.0987. The molecule has 34 rings (SSSR count). The van der Waals surface area contributed by atoms with Gasteiger partial charge >= 0.3 is 0 Å². The van der Waals surface area contributed by atoms with E-state index < -0.39 is 0 Å². The van der Waals surface area contributed by atoms with Gasteiger partial charge in [0, 0.05) is 261 Å². The first-order valence-corrected chi connectivity index (χ1v) is 55.4. The van der Waals surface area contributed by atoms with Crippen molar-refractivity contribution in [2.75, 3.05) is 62.2 Å². The SMILES string of the molecule is Cc1ccc2c(oc3ncccc32)c1C1C2CCN(CC2)[C@@H]1C.Cc1ccc2c(oc3ncccc32)c1C1C2CCN([C@@H]1C)C2(C)C.Cc1ccc2c(oc3ncccc32)c1C1C2CN(c3ccccc32)[C@@H]1C.Cc1ccc2c(oc3ncccc32)c1C1[C@@H](C)N2CC1(C)C(C)C2C.Cc1ccc2c(oc3ncccc32)c1C1[C@@H](C)N2CC1(C)c1ccccc12.Cc1ccc2c(oc3ncccc32)c1C1[C@@H](C)N2CCC1(C)CC2. The molecule has 14 unspecified atom stereocenters. The molecule has 18 nitrogen and oxygen atoms in total. The fourth-order valence-electron chi connectivity index (χ4n) is 33.0. The van der Waals surface area contributed by atoms with Crippen molar-refractivity contribution in [3.05, 3.63) is 309 Å². The summed E-state index contributed by atoms with van der Waals surface area (Å²) in [5.74, 6) is 5.72. The Morgan fingerprint density at radius 2 is 0.685 bits per heavy atom. The lowest BCUT2D eigenvalue weighted by Crippen LogP contribution is -2.57. The number of benzene rings is 8. The van der Waals surface area contributed by atoms with Crippen LogP contribution < -0.4 is 9.80 Å². The molecule has 0 spiro atoms. The topological polar surface area (TPSA) is 176 Å². The van der Waals surface area contributed by atoms with Gasteiger partial charge in [-0.3, -0.25) is 14.7 Å². The minimum absolute atomic E-state index is 0.0987. The van der Waals surface area contributed by atoms with Crippen LogP contribution in [0.25, 0.3) is 132 Å². The molecule has 20 aromatic rings. The van der Waals surface area contributed by atoms with Crippen LogP contribution in [-0.2, 0) is 5.41 Å². The molecule has 18 heteroatoms. The summed E-state index contributed by atoms with van der Waals surface area (Å²) in [5, 5.41) is 14.0. The molecule has 26 heterocycles. The van der Waals surface area contributed by atoms with E-state index in [-0.39, 0.29) is 11.0 Å². The van der Waals surface area contributed by atoms with Crippen LogP contribution in [0.4, 0.5) is 11.4 Å². The fraction of sp³-hybridized carbons (Fsp3) is 0.405. The largest absolute Gasteiger partial charge is 0.437 e. The molecule has 14 aliphatic heterocycles. The van der Waals surface area contributed by atoms with Crippen molar-refractivity contribution in [1.82, 2.24) is 49.5 Å². The van der Waals surface area contributed by atoms with E-state index in [0.717, 1.165) is 119 Å². The van der Waals surface area contributed by atoms with Gasteiger partial charge in [-0.25, -0.2) is 29.9 Å². The van der Waals surface area contributed by atoms with Crippen molar-refractivity contribution in [3.8, 4) is 0 Å². The molecule has 758 valence electrons. The molecule has 0 amide bonds.